The summed E-state index contributed by atoms with van der Waals surface area (Å²) >= 11 is 1.85. The highest BCUT2D eigenvalue weighted by Crippen LogP contribution is 2.47. The van der Waals surface area contributed by atoms with Crippen LogP contribution in [0, 0.1) is 0 Å². The summed E-state index contributed by atoms with van der Waals surface area (Å²) in [5, 5.41) is 1.14. The maximum Gasteiger partial charge on any atom is 0.159 e. The molecule has 1 fully saturated rings. The SMILES string of the molecule is CC1(C)CCC(C)(C)c2cc(C3CSC(N4CCC(=O)CC4)=N3)ccc21. The summed E-state index contributed by atoms with van der Waals surface area (Å²) in [5.41, 5.74) is 4.89. The zero-order valence-electron chi connectivity index (χ0n) is 16.5. The number of rotatable bonds is 1. The van der Waals surface area contributed by atoms with Crippen LogP contribution in [0.4, 0.5) is 0 Å². The smallest absolute Gasteiger partial charge is 0.159 e. The van der Waals surface area contributed by atoms with Crippen LogP contribution in [0.5, 0.6) is 0 Å². The predicted molar refractivity (Wildman–Crippen MR) is 110 cm³/mol. The van der Waals surface area contributed by atoms with Crippen LogP contribution in [0.1, 0.15) is 76.1 Å². The molecule has 4 rings (SSSR count). The molecule has 0 N–H and O–H groups in total. The fraction of sp³-hybridized carbons (Fsp3) is 0.636. The summed E-state index contributed by atoms with van der Waals surface area (Å²) in [6.45, 7) is 11.2. The number of hydrogen-bond donors (Lipinski definition) is 0. The zero-order chi connectivity index (χ0) is 18.5. The van der Waals surface area contributed by atoms with Crippen molar-refractivity contribution in [1.82, 2.24) is 4.90 Å². The lowest BCUT2D eigenvalue weighted by Crippen LogP contribution is -2.36. The topological polar surface area (TPSA) is 32.7 Å². The van der Waals surface area contributed by atoms with Gasteiger partial charge < -0.3 is 4.90 Å². The Balaban J connectivity index is 1.60. The van der Waals surface area contributed by atoms with Crippen LogP contribution >= 0.6 is 11.8 Å². The summed E-state index contributed by atoms with van der Waals surface area (Å²) in [7, 11) is 0. The second kappa shape index (κ2) is 6.40. The average Bonchev–Trinajstić information content (AvgIpc) is 3.09. The molecule has 3 nitrogen and oxygen atoms in total. The molecule has 2 aliphatic heterocycles. The Hall–Kier alpha value is -1.29. The molecule has 4 heteroatoms. The quantitative estimate of drug-likeness (QED) is 0.709. The van der Waals surface area contributed by atoms with E-state index in [1.54, 1.807) is 0 Å². The van der Waals surface area contributed by atoms with Gasteiger partial charge in [0.1, 0.15) is 5.78 Å². The second-order valence-electron chi connectivity index (χ2n) is 9.34. The number of aliphatic imine (C=N–C) groups is 1. The summed E-state index contributed by atoms with van der Waals surface area (Å²) < 4.78 is 0. The number of amidine groups is 1. The van der Waals surface area contributed by atoms with Gasteiger partial charge in [-0.05, 0) is 40.4 Å². The van der Waals surface area contributed by atoms with Crippen molar-refractivity contribution in [2.75, 3.05) is 18.8 Å². The van der Waals surface area contributed by atoms with Crippen molar-refractivity contribution in [1.29, 1.82) is 0 Å². The third-order valence-electron chi connectivity index (χ3n) is 6.49. The van der Waals surface area contributed by atoms with E-state index in [-0.39, 0.29) is 16.9 Å². The molecule has 1 aromatic rings. The highest BCUT2D eigenvalue weighted by molar-refractivity contribution is 8.14. The number of Topliss-reactive ketones (excluding diaryl/α,β-unsaturated/α-hetero) is 1. The minimum absolute atomic E-state index is 0.242. The van der Waals surface area contributed by atoms with Crippen molar-refractivity contribution >= 4 is 22.7 Å². The van der Waals surface area contributed by atoms with Crippen molar-refractivity contribution in [2.24, 2.45) is 4.99 Å². The van der Waals surface area contributed by atoms with Gasteiger partial charge in [0.15, 0.2) is 5.17 Å². The Morgan fingerprint density at radius 3 is 2.38 bits per heavy atom. The first kappa shape index (κ1) is 18.1. The number of carbonyl (C=O) groups excluding carboxylic acids is 1. The molecular formula is C22H30N2OS. The molecule has 1 unspecified atom stereocenters. The van der Waals surface area contributed by atoms with Gasteiger partial charge in [-0.2, -0.15) is 0 Å². The average molecular weight is 371 g/mol. The second-order valence-corrected chi connectivity index (χ2v) is 10.3. The molecule has 0 radical (unpaired) electrons. The normalized spacial score (nSPS) is 27.2. The standard InChI is InChI=1S/C22H30N2OS/c1-21(2)9-10-22(3,4)18-13-15(5-6-17(18)21)19-14-26-20(23-19)24-11-7-16(25)8-12-24/h5-6,13,19H,7-12,14H2,1-4H3. The van der Waals surface area contributed by atoms with Crippen LogP contribution in [0.25, 0.3) is 0 Å². The first-order chi connectivity index (χ1) is 12.3. The number of nitrogens with zero attached hydrogens (tertiary/aromatic N) is 2. The first-order valence-corrected chi connectivity index (χ1v) is 10.9. The maximum atomic E-state index is 11.5. The third-order valence-corrected chi connectivity index (χ3v) is 7.59. The molecule has 2 heterocycles. The lowest BCUT2D eigenvalue weighted by atomic mass is 9.63. The van der Waals surface area contributed by atoms with E-state index in [1.807, 2.05) is 11.8 Å². The predicted octanol–water partition coefficient (Wildman–Crippen LogP) is 4.84. The number of benzene rings is 1. The van der Waals surface area contributed by atoms with Crippen molar-refractivity contribution in [3.63, 3.8) is 0 Å². The summed E-state index contributed by atoms with van der Waals surface area (Å²) in [6, 6.07) is 7.36. The van der Waals surface area contributed by atoms with Gasteiger partial charge in [0.2, 0.25) is 0 Å². The molecule has 0 saturated carbocycles. The molecular weight excluding hydrogens is 340 g/mol. The van der Waals surface area contributed by atoms with E-state index in [2.05, 4.69) is 50.8 Å². The summed E-state index contributed by atoms with van der Waals surface area (Å²) in [4.78, 5) is 18.8. The molecule has 140 valence electrons. The molecule has 0 bridgehead atoms. The molecule has 26 heavy (non-hydrogen) atoms. The van der Waals surface area contributed by atoms with Gasteiger partial charge in [0.25, 0.3) is 0 Å². The van der Waals surface area contributed by atoms with Crippen molar-refractivity contribution in [3.8, 4) is 0 Å². The van der Waals surface area contributed by atoms with E-state index in [1.165, 1.54) is 29.5 Å². The third kappa shape index (κ3) is 3.21. The lowest BCUT2D eigenvalue weighted by molar-refractivity contribution is -0.120. The van der Waals surface area contributed by atoms with Crippen LogP contribution in [0.2, 0.25) is 0 Å². The highest BCUT2D eigenvalue weighted by atomic mass is 32.2. The summed E-state index contributed by atoms with van der Waals surface area (Å²) in [5.74, 6) is 1.41. The summed E-state index contributed by atoms with van der Waals surface area (Å²) in [6.07, 6.45) is 3.84. The van der Waals surface area contributed by atoms with E-state index in [0.717, 1.165) is 24.0 Å². The number of hydrogen-bond acceptors (Lipinski definition) is 4. The molecule has 0 spiro atoms. The van der Waals surface area contributed by atoms with E-state index < -0.39 is 0 Å². The van der Waals surface area contributed by atoms with Gasteiger partial charge >= 0.3 is 0 Å². The van der Waals surface area contributed by atoms with Gasteiger partial charge in [-0.25, -0.2) is 0 Å². The number of likely N-dealkylation sites (tertiary alicyclic amines) is 1. The molecule has 0 amide bonds. The van der Waals surface area contributed by atoms with Gasteiger partial charge in [-0.3, -0.25) is 9.79 Å². The van der Waals surface area contributed by atoms with Crippen molar-refractivity contribution < 1.29 is 4.79 Å². The van der Waals surface area contributed by atoms with Gasteiger partial charge in [-0.1, -0.05) is 57.7 Å². The largest absolute Gasteiger partial charge is 0.351 e. The van der Waals surface area contributed by atoms with E-state index >= 15 is 0 Å². The molecule has 1 aliphatic carbocycles. The zero-order valence-corrected chi connectivity index (χ0v) is 17.3. The van der Waals surface area contributed by atoms with Gasteiger partial charge in [0.05, 0.1) is 6.04 Å². The Kier molecular flexibility index (Phi) is 4.45. The van der Waals surface area contributed by atoms with Crippen LogP contribution in [0.15, 0.2) is 23.2 Å². The van der Waals surface area contributed by atoms with E-state index in [4.69, 9.17) is 4.99 Å². The van der Waals surface area contributed by atoms with Crippen molar-refractivity contribution in [2.45, 2.75) is 70.3 Å². The first-order valence-electron chi connectivity index (χ1n) is 9.88. The minimum Gasteiger partial charge on any atom is -0.351 e. The molecule has 0 aromatic heterocycles. The number of piperidine rings is 1. The number of fused-ring (bicyclic) bond motifs is 1. The van der Waals surface area contributed by atoms with Crippen LogP contribution in [-0.2, 0) is 15.6 Å². The van der Waals surface area contributed by atoms with Crippen LogP contribution in [0.3, 0.4) is 0 Å². The molecule has 1 saturated heterocycles. The molecule has 1 aromatic carbocycles. The monoisotopic (exact) mass is 370 g/mol. The number of ketones is 1. The van der Waals surface area contributed by atoms with Crippen LogP contribution < -0.4 is 0 Å². The Labute approximate surface area is 161 Å². The Morgan fingerprint density at radius 2 is 1.69 bits per heavy atom. The lowest BCUT2D eigenvalue weighted by Gasteiger charge is -2.42. The fourth-order valence-corrected chi connectivity index (χ4v) is 5.61. The highest BCUT2D eigenvalue weighted by Gasteiger charge is 2.37. The Bertz CT molecular complexity index is 755. The van der Waals surface area contributed by atoms with Crippen molar-refractivity contribution in [3.05, 3.63) is 34.9 Å². The van der Waals surface area contributed by atoms with Crippen LogP contribution in [-0.4, -0.2) is 34.7 Å². The number of thioether (sulfide) groups is 1. The number of carbonyl (C=O) groups is 1. The minimum atomic E-state index is 0.242. The van der Waals surface area contributed by atoms with Gasteiger partial charge in [0, 0.05) is 31.7 Å². The van der Waals surface area contributed by atoms with E-state index in [9.17, 15) is 4.79 Å². The molecule has 1 atom stereocenters. The van der Waals surface area contributed by atoms with Gasteiger partial charge in [-0.15, -0.1) is 0 Å². The maximum absolute atomic E-state index is 11.5. The fourth-order valence-electron chi connectivity index (χ4n) is 4.47. The van der Waals surface area contributed by atoms with E-state index in [0.29, 0.717) is 18.6 Å². The molecule has 3 aliphatic rings. The Morgan fingerprint density at radius 1 is 1.04 bits per heavy atom.